The van der Waals surface area contributed by atoms with Crippen molar-refractivity contribution < 1.29 is 9.53 Å². The van der Waals surface area contributed by atoms with Crippen LogP contribution in [0.15, 0.2) is 0 Å². The first kappa shape index (κ1) is 13.8. The average molecular weight is 254 g/mol. The first-order valence-corrected chi connectivity index (χ1v) is 7.43. The number of hydrogen-bond acceptors (Lipinski definition) is 3. The molecular weight excluding hydrogens is 228 g/mol. The smallest absolute Gasteiger partial charge is 0.225 e. The van der Waals surface area contributed by atoms with Gasteiger partial charge in [0.15, 0.2) is 0 Å². The lowest BCUT2D eigenvalue weighted by Crippen LogP contribution is -2.45. The zero-order valence-corrected chi connectivity index (χ0v) is 11.5. The Kier molecular flexibility index (Phi) is 5.45. The predicted octanol–water partition coefficient (Wildman–Crippen LogP) is 1.55. The van der Waals surface area contributed by atoms with Gasteiger partial charge in [0, 0.05) is 25.7 Å². The molecule has 2 heterocycles. The number of morpholine rings is 1. The fourth-order valence-corrected chi connectivity index (χ4v) is 2.99. The first-order valence-electron chi connectivity index (χ1n) is 7.43. The van der Waals surface area contributed by atoms with Crippen molar-refractivity contribution in [2.45, 2.75) is 57.6 Å². The van der Waals surface area contributed by atoms with Crippen molar-refractivity contribution in [3.8, 4) is 0 Å². The molecule has 0 aromatic rings. The minimum absolute atomic E-state index is 0.0759. The molecule has 2 unspecified atom stereocenters. The number of amides is 1. The molecule has 18 heavy (non-hydrogen) atoms. The van der Waals surface area contributed by atoms with E-state index in [9.17, 15) is 4.79 Å². The van der Waals surface area contributed by atoms with Crippen LogP contribution in [-0.4, -0.2) is 49.2 Å². The van der Waals surface area contributed by atoms with Crippen molar-refractivity contribution in [2.24, 2.45) is 0 Å². The third-order valence-electron chi connectivity index (χ3n) is 4.08. The number of ether oxygens (including phenoxy) is 1. The molecule has 4 nitrogen and oxygen atoms in total. The maximum Gasteiger partial charge on any atom is 0.225 e. The number of nitrogens with one attached hydrogen (secondary N) is 1. The predicted molar refractivity (Wildman–Crippen MR) is 71.5 cm³/mol. The maximum atomic E-state index is 12.4. The second-order valence-corrected chi connectivity index (χ2v) is 5.40. The summed E-state index contributed by atoms with van der Waals surface area (Å²) < 4.78 is 5.63. The van der Waals surface area contributed by atoms with Crippen molar-refractivity contribution in [2.75, 3.05) is 26.2 Å². The summed E-state index contributed by atoms with van der Waals surface area (Å²) in [6, 6.07) is 0.455. The van der Waals surface area contributed by atoms with E-state index in [1.54, 1.807) is 0 Å². The van der Waals surface area contributed by atoms with Gasteiger partial charge in [-0.2, -0.15) is 0 Å². The summed E-state index contributed by atoms with van der Waals surface area (Å²) in [6.07, 6.45) is 6.56. The van der Waals surface area contributed by atoms with Crippen LogP contribution in [0.25, 0.3) is 0 Å². The highest BCUT2D eigenvalue weighted by Gasteiger charge is 2.26. The van der Waals surface area contributed by atoms with Crippen molar-refractivity contribution >= 4 is 5.91 Å². The minimum atomic E-state index is 0.0759. The molecule has 2 fully saturated rings. The van der Waals surface area contributed by atoms with Gasteiger partial charge < -0.3 is 15.0 Å². The second-order valence-electron chi connectivity index (χ2n) is 5.40. The highest BCUT2D eigenvalue weighted by molar-refractivity contribution is 5.77. The van der Waals surface area contributed by atoms with Gasteiger partial charge in [-0.3, -0.25) is 4.79 Å². The molecule has 0 bridgehead atoms. The van der Waals surface area contributed by atoms with Crippen LogP contribution in [0.3, 0.4) is 0 Å². The van der Waals surface area contributed by atoms with Gasteiger partial charge in [0.05, 0.1) is 19.1 Å². The number of nitrogens with zero attached hydrogens (tertiary/aromatic N) is 1. The van der Waals surface area contributed by atoms with E-state index in [1.165, 1.54) is 19.3 Å². The summed E-state index contributed by atoms with van der Waals surface area (Å²) in [5, 5.41) is 3.28. The third kappa shape index (κ3) is 3.69. The molecule has 0 aromatic carbocycles. The molecule has 2 atom stereocenters. The monoisotopic (exact) mass is 254 g/mol. The van der Waals surface area contributed by atoms with E-state index in [0.717, 1.165) is 39.1 Å². The van der Waals surface area contributed by atoms with E-state index in [0.29, 0.717) is 12.5 Å². The summed E-state index contributed by atoms with van der Waals surface area (Å²) in [5.74, 6) is 0.289. The maximum absolute atomic E-state index is 12.4. The van der Waals surface area contributed by atoms with Crippen molar-refractivity contribution in [1.29, 1.82) is 0 Å². The van der Waals surface area contributed by atoms with E-state index < -0.39 is 0 Å². The molecule has 1 N–H and O–H groups in total. The van der Waals surface area contributed by atoms with Crippen LogP contribution in [0.2, 0.25) is 0 Å². The molecule has 0 spiro atoms. The van der Waals surface area contributed by atoms with E-state index in [4.69, 9.17) is 4.74 Å². The van der Waals surface area contributed by atoms with Gasteiger partial charge in [-0.25, -0.2) is 0 Å². The first-order chi connectivity index (χ1) is 8.81. The van der Waals surface area contributed by atoms with E-state index in [-0.39, 0.29) is 12.0 Å². The Morgan fingerprint density at radius 3 is 3.00 bits per heavy atom. The SMILES string of the molecule is CCC1CCCCCN1C(=O)CC1CNCCO1. The Bertz CT molecular complexity index is 265. The van der Waals surface area contributed by atoms with Gasteiger partial charge >= 0.3 is 0 Å². The van der Waals surface area contributed by atoms with Gasteiger partial charge in [-0.05, 0) is 19.3 Å². The molecule has 2 aliphatic heterocycles. The number of rotatable bonds is 3. The lowest BCUT2D eigenvalue weighted by molar-refractivity contribution is -0.137. The van der Waals surface area contributed by atoms with Crippen molar-refractivity contribution in [3.63, 3.8) is 0 Å². The number of likely N-dealkylation sites (tertiary alicyclic amines) is 1. The van der Waals surface area contributed by atoms with Crippen LogP contribution in [0.4, 0.5) is 0 Å². The Labute approximate surface area is 110 Å². The summed E-state index contributed by atoms with van der Waals surface area (Å²) in [4.78, 5) is 14.5. The van der Waals surface area contributed by atoms with E-state index >= 15 is 0 Å². The molecule has 2 rings (SSSR count). The average Bonchev–Trinajstić information content (AvgIpc) is 2.64. The minimum Gasteiger partial charge on any atom is -0.375 e. The topological polar surface area (TPSA) is 41.6 Å². The van der Waals surface area contributed by atoms with Crippen LogP contribution in [-0.2, 0) is 9.53 Å². The zero-order valence-electron chi connectivity index (χ0n) is 11.5. The van der Waals surface area contributed by atoms with Gasteiger partial charge in [0.1, 0.15) is 0 Å². The van der Waals surface area contributed by atoms with Gasteiger partial charge in [0.2, 0.25) is 5.91 Å². The summed E-state index contributed by atoms with van der Waals surface area (Å²) in [7, 11) is 0. The Balaban J connectivity index is 1.88. The molecule has 0 aromatic heterocycles. The van der Waals surface area contributed by atoms with Crippen LogP contribution < -0.4 is 5.32 Å². The molecule has 2 saturated heterocycles. The lowest BCUT2D eigenvalue weighted by atomic mass is 10.1. The highest BCUT2D eigenvalue weighted by Crippen LogP contribution is 2.20. The molecule has 0 radical (unpaired) electrons. The fraction of sp³-hybridized carbons (Fsp3) is 0.929. The molecule has 2 aliphatic rings. The molecule has 104 valence electrons. The Morgan fingerprint density at radius 2 is 2.28 bits per heavy atom. The largest absolute Gasteiger partial charge is 0.375 e. The normalized spacial score (nSPS) is 29.9. The fourth-order valence-electron chi connectivity index (χ4n) is 2.99. The molecule has 4 heteroatoms. The Hall–Kier alpha value is -0.610. The third-order valence-corrected chi connectivity index (χ3v) is 4.08. The quantitative estimate of drug-likeness (QED) is 0.831. The standard InChI is InChI=1S/C14H26N2O2/c1-2-12-6-4-3-5-8-16(12)14(17)10-13-11-15-7-9-18-13/h12-13,15H,2-11H2,1H3. The van der Waals surface area contributed by atoms with Crippen LogP contribution in [0, 0.1) is 0 Å². The second kappa shape index (κ2) is 7.10. The number of carbonyl (C=O) groups is 1. The molecule has 0 aliphatic carbocycles. The van der Waals surface area contributed by atoms with Gasteiger partial charge in [0.25, 0.3) is 0 Å². The Morgan fingerprint density at radius 1 is 1.39 bits per heavy atom. The molecule has 1 amide bonds. The van der Waals surface area contributed by atoms with Crippen LogP contribution in [0.1, 0.15) is 45.4 Å². The molecular formula is C14H26N2O2. The van der Waals surface area contributed by atoms with E-state index in [2.05, 4.69) is 17.1 Å². The van der Waals surface area contributed by atoms with Crippen LogP contribution >= 0.6 is 0 Å². The number of hydrogen-bond donors (Lipinski definition) is 1. The molecule has 0 saturated carbocycles. The van der Waals surface area contributed by atoms with Crippen LogP contribution in [0.5, 0.6) is 0 Å². The van der Waals surface area contributed by atoms with E-state index in [1.807, 2.05) is 0 Å². The summed E-state index contributed by atoms with van der Waals surface area (Å²) in [5.41, 5.74) is 0. The highest BCUT2D eigenvalue weighted by atomic mass is 16.5. The van der Waals surface area contributed by atoms with Crippen molar-refractivity contribution in [3.05, 3.63) is 0 Å². The van der Waals surface area contributed by atoms with Crippen molar-refractivity contribution in [1.82, 2.24) is 10.2 Å². The summed E-state index contributed by atoms with van der Waals surface area (Å²) >= 11 is 0. The zero-order chi connectivity index (χ0) is 12.8. The lowest BCUT2D eigenvalue weighted by Gasteiger charge is -2.31. The summed E-state index contributed by atoms with van der Waals surface area (Å²) in [6.45, 7) is 5.59. The van der Waals surface area contributed by atoms with Gasteiger partial charge in [-0.15, -0.1) is 0 Å². The van der Waals surface area contributed by atoms with Gasteiger partial charge in [-0.1, -0.05) is 19.8 Å². The number of carbonyl (C=O) groups excluding carboxylic acids is 1.